The molecule has 3 rings (SSSR count). The van der Waals surface area contributed by atoms with Crippen LogP contribution in [0.3, 0.4) is 0 Å². The Kier molecular flexibility index (Phi) is 4.11. The molecule has 0 bridgehead atoms. The third-order valence-corrected chi connectivity index (χ3v) is 4.61. The molecule has 1 aromatic carbocycles. The number of benzene rings is 1. The summed E-state index contributed by atoms with van der Waals surface area (Å²) in [6.45, 7) is 4.35. The molecule has 116 valence electrons. The average Bonchev–Trinajstić information content (AvgIpc) is 2.95. The van der Waals surface area contributed by atoms with Gasteiger partial charge < -0.3 is 9.47 Å². The molecular formula is C16H18N2O3S. The number of fused-ring (bicyclic) bond motifs is 1. The van der Waals surface area contributed by atoms with Gasteiger partial charge in [0.15, 0.2) is 16.7 Å². The van der Waals surface area contributed by atoms with Gasteiger partial charge in [0.25, 0.3) is 5.56 Å². The number of ether oxygens (including phenoxy) is 2. The van der Waals surface area contributed by atoms with Gasteiger partial charge in [-0.1, -0.05) is 31.7 Å². The zero-order valence-corrected chi connectivity index (χ0v) is 13.6. The molecular weight excluding hydrogens is 300 g/mol. The molecule has 0 saturated carbocycles. The topological polar surface area (TPSA) is 53.4 Å². The minimum atomic E-state index is -0.0214. The van der Waals surface area contributed by atoms with Crippen LogP contribution < -0.4 is 15.0 Å². The van der Waals surface area contributed by atoms with Crippen molar-refractivity contribution < 1.29 is 9.47 Å². The smallest absolute Gasteiger partial charge is 0.254 e. The summed E-state index contributed by atoms with van der Waals surface area (Å²) in [4.78, 5) is 16.6. The van der Waals surface area contributed by atoms with Crippen LogP contribution in [-0.2, 0) is 12.8 Å². The first kappa shape index (κ1) is 15.0. The van der Waals surface area contributed by atoms with Gasteiger partial charge in [-0.25, -0.2) is 4.98 Å². The van der Waals surface area contributed by atoms with Crippen molar-refractivity contribution in [1.29, 1.82) is 0 Å². The maximum atomic E-state index is 12.0. The summed E-state index contributed by atoms with van der Waals surface area (Å²) < 4.78 is 12.3. The van der Waals surface area contributed by atoms with E-state index < -0.39 is 0 Å². The maximum Gasteiger partial charge on any atom is 0.254 e. The van der Waals surface area contributed by atoms with Crippen molar-refractivity contribution in [2.45, 2.75) is 30.7 Å². The molecule has 0 atom stereocenters. The van der Waals surface area contributed by atoms with Gasteiger partial charge in [-0.2, -0.15) is 0 Å². The van der Waals surface area contributed by atoms with E-state index in [0.717, 1.165) is 33.7 Å². The number of hydrogen-bond donors (Lipinski definition) is 0. The molecule has 1 aliphatic rings. The molecule has 0 aliphatic carbocycles. The lowest BCUT2D eigenvalue weighted by molar-refractivity contribution is 0.174. The van der Waals surface area contributed by atoms with E-state index in [0.29, 0.717) is 0 Å². The molecule has 22 heavy (non-hydrogen) atoms. The molecule has 0 unspecified atom stereocenters. The minimum Gasteiger partial charge on any atom is -0.454 e. The Morgan fingerprint density at radius 3 is 2.82 bits per heavy atom. The highest BCUT2D eigenvalue weighted by Gasteiger charge is 2.14. The zero-order chi connectivity index (χ0) is 15.7. The fourth-order valence-electron chi connectivity index (χ4n) is 2.14. The number of aromatic nitrogens is 2. The molecule has 0 saturated heterocycles. The number of rotatable bonds is 4. The predicted octanol–water partition coefficient (Wildman–Crippen LogP) is 2.92. The van der Waals surface area contributed by atoms with Crippen LogP contribution in [0.4, 0.5) is 0 Å². The van der Waals surface area contributed by atoms with Gasteiger partial charge in [-0.15, -0.1) is 0 Å². The molecule has 2 aromatic rings. The number of hydrogen-bond acceptors (Lipinski definition) is 5. The highest BCUT2D eigenvalue weighted by atomic mass is 32.2. The van der Waals surface area contributed by atoms with Gasteiger partial charge >= 0.3 is 0 Å². The Balaban J connectivity index is 1.80. The van der Waals surface area contributed by atoms with E-state index in [9.17, 15) is 4.79 Å². The predicted molar refractivity (Wildman–Crippen MR) is 85.7 cm³/mol. The largest absolute Gasteiger partial charge is 0.454 e. The fourth-order valence-corrected chi connectivity index (χ4v) is 3.07. The van der Waals surface area contributed by atoms with Crippen molar-refractivity contribution in [3.63, 3.8) is 0 Å². The van der Waals surface area contributed by atoms with Crippen LogP contribution >= 0.6 is 11.8 Å². The average molecular weight is 318 g/mol. The first-order chi connectivity index (χ1) is 10.5. The summed E-state index contributed by atoms with van der Waals surface area (Å²) in [5.41, 5.74) is 1.92. The van der Waals surface area contributed by atoms with E-state index in [2.05, 4.69) is 4.98 Å². The quantitative estimate of drug-likeness (QED) is 0.641. The summed E-state index contributed by atoms with van der Waals surface area (Å²) in [6.07, 6.45) is 0. The molecule has 1 aliphatic heterocycles. The van der Waals surface area contributed by atoms with Gasteiger partial charge in [-0.3, -0.25) is 9.36 Å². The first-order valence-corrected chi connectivity index (χ1v) is 8.12. The van der Waals surface area contributed by atoms with Crippen molar-refractivity contribution in [2.24, 2.45) is 7.05 Å². The Bertz CT molecular complexity index is 756. The Morgan fingerprint density at radius 1 is 1.27 bits per heavy atom. The zero-order valence-electron chi connectivity index (χ0n) is 12.8. The standard InChI is InChI=1S/C16H18N2O3S/c1-10(2)12-7-15(19)18(3)16(17-12)22-8-11-4-5-13-14(6-11)21-9-20-13/h4-7,10H,8-9H2,1-3H3. The highest BCUT2D eigenvalue weighted by Crippen LogP contribution is 2.34. The van der Waals surface area contributed by atoms with Crippen molar-refractivity contribution >= 4 is 11.8 Å². The molecule has 0 radical (unpaired) electrons. The van der Waals surface area contributed by atoms with Gasteiger partial charge in [0, 0.05) is 18.9 Å². The minimum absolute atomic E-state index is 0.0214. The van der Waals surface area contributed by atoms with E-state index in [1.165, 1.54) is 0 Å². The third kappa shape index (κ3) is 2.97. The van der Waals surface area contributed by atoms with Gasteiger partial charge in [0.1, 0.15) is 0 Å². The SMILES string of the molecule is CC(C)c1cc(=O)n(C)c(SCc2ccc3c(c2)OCO3)n1. The first-order valence-electron chi connectivity index (χ1n) is 7.14. The molecule has 0 fully saturated rings. The lowest BCUT2D eigenvalue weighted by atomic mass is 10.1. The Hall–Kier alpha value is -1.95. The molecule has 2 heterocycles. The molecule has 0 N–H and O–H groups in total. The van der Waals surface area contributed by atoms with E-state index in [1.807, 2.05) is 32.0 Å². The molecule has 6 heteroatoms. The van der Waals surface area contributed by atoms with E-state index in [4.69, 9.17) is 9.47 Å². The third-order valence-electron chi connectivity index (χ3n) is 3.51. The van der Waals surface area contributed by atoms with E-state index in [-0.39, 0.29) is 18.3 Å². The van der Waals surface area contributed by atoms with Crippen molar-refractivity contribution in [2.75, 3.05) is 6.79 Å². The monoisotopic (exact) mass is 318 g/mol. The van der Waals surface area contributed by atoms with Crippen LogP contribution in [-0.4, -0.2) is 16.3 Å². The molecule has 5 nitrogen and oxygen atoms in total. The van der Waals surface area contributed by atoms with Crippen LogP contribution in [0, 0.1) is 0 Å². The lowest BCUT2D eigenvalue weighted by Crippen LogP contribution is -2.20. The van der Waals surface area contributed by atoms with Gasteiger partial charge in [0.05, 0.1) is 5.69 Å². The summed E-state index contributed by atoms with van der Waals surface area (Å²) in [7, 11) is 1.75. The van der Waals surface area contributed by atoms with Crippen LogP contribution in [0.5, 0.6) is 11.5 Å². The van der Waals surface area contributed by atoms with Crippen LogP contribution in [0.15, 0.2) is 34.2 Å². The van der Waals surface area contributed by atoms with E-state index >= 15 is 0 Å². The molecule has 1 aromatic heterocycles. The van der Waals surface area contributed by atoms with Crippen molar-refractivity contribution in [3.8, 4) is 11.5 Å². The number of nitrogens with zero attached hydrogens (tertiary/aromatic N) is 2. The van der Waals surface area contributed by atoms with Crippen molar-refractivity contribution in [1.82, 2.24) is 9.55 Å². The van der Waals surface area contributed by atoms with Crippen LogP contribution in [0.2, 0.25) is 0 Å². The van der Waals surface area contributed by atoms with Crippen LogP contribution in [0.1, 0.15) is 31.0 Å². The highest BCUT2D eigenvalue weighted by molar-refractivity contribution is 7.98. The molecule has 0 amide bonds. The second kappa shape index (κ2) is 6.04. The normalized spacial score (nSPS) is 12.9. The van der Waals surface area contributed by atoms with Crippen LogP contribution in [0.25, 0.3) is 0 Å². The lowest BCUT2D eigenvalue weighted by Gasteiger charge is -2.11. The van der Waals surface area contributed by atoms with Gasteiger partial charge in [0.2, 0.25) is 6.79 Å². The van der Waals surface area contributed by atoms with Crippen molar-refractivity contribution in [3.05, 3.63) is 45.9 Å². The molecule has 0 spiro atoms. The Labute approximate surface area is 133 Å². The van der Waals surface area contributed by atoms with E-state index in [1.54, 1.807) is 29.4 Å². The second-order valence-electron chi connectivity index (χ2n) is 5.49. The van der Waals surface area contributed by atoms with Gasteiger partial charge in [-0.05, 0) is 23.6 Å². The summed E-state index contributed by atoms with van der Waals surface area (Å²) in [5, 5.41) is 0.730. The number of thioether (sulfide) groups is 1. The summed E-state index contributed by atoms with van der Waals surface area (Å²) in [5.74, 6) is 2.51. The second-order valence-corrected chi connectivity index (χ2v) is 6.43. The summed E-state index contributed by atoms with van der Waals surface area (Å²) in [6, 6.07) is 7.50. The Morgan fingerprint density at radius 2 is 2.05 bits per heavy atom. The fraction of sp³-hybridized carbons (Fsp3) is 0.375. The summed E-state index contributed by atoms with van der Waals surface area (Å²) >= 11 is 1.55. The maximum absolute atomic E-state index is 12.0.